The van der Waals surface area contributed by atoms with Crippen LogP contribution in [0.1, 0.15) is 44.3 Å². The minimum atomic E-state index is -0.346. The number of aryl methyl sites for hydroxylation is 1. The minimum absolute atomic E-state index is 0.153. The van der Waals surface area contributed by atoms with E-state index in [0.717, 1.165) is 12.0 Å². The molecule has 144 valence electrons. The predicted octanol–water partition coefficient (Wildman–Crippen LogP) is 4.04. The fourth-order valence-corrected chi connectivity index (χ4v) is 3.38. The van der Waals surface area contributed by atoms with Crippen molar-refractivity contribution < 1.29 is 19.1 Å². The quantitative estimate of drug-likeness (QED) is 0.563. The number of fused-ring (bicyclic) bond motifs is 2. The fourth-order valence-electron chi connectivity index (χ4n) is 3.38. The predicted molar refractivity (Wildman–Crippen MR) is 110 cm³/mol. The van der Waals surface area contributed by atoms with Crippen LogP contribution in [0.15, 0.2) is 66.7 Å². The zero-order valence-corrected chi connectivity index (χ0v) is 15.9. The molecule has 0 bridgehead atoms. The Balaban J connectivity index is 1.48. The van der Waals surface area contributed by atoms with Gasteiger partial charge in [0.2, 0.25) is 0 Å². The molecule has 0 heterocycles. The SMILES string of the molecule is CCc1cccc(OCC(=O)Nc2ccc3c(c2)C(=O)c2ccccc2C3=O)c1. The molecule has 0 saturated heterocycles. The van der Waals surface area contributed by atoms with E-state index in [1.165, 1.54) is 0 Å². The Bertz CT molecular complexity index is 1130. The average molecular weight is 385 g/mol. The van der Waals surface area contributed by atoms with Gasteiger partial charge in [-0.05, 0) is 42.3 Å². The molecule has 29 heavy (non-hydrogen) atoms. The van der Waals surface area contributed by atoms with Gasteiger partial charge in [0.25, 0.3) is 5.91 Å². The summed E-state index contributed by atoms with van der Waals surface area (Å²) in [6, 6.07) is 19.1. The summed E-state index contributed by atoms with van der Waals surface area (Å²) in [5, 5.41) is 2.72. The zero-order chi connectivity index (χ0) is 20.4. The van der Waals surface area contributed by atoms with E-state index in [1.54, 1.807) is 48.5 Å². The van der Waals surface area contributed by atoms with Gasteiger partial charge in [-0.2, -0.15) is 0 Å². The van der Waals surface area contributed by atoms with Crippen LogP contribution in [0.5, 0.6) is 5.75 Å². The summed E-state index contributed by atoms with van der Waals surface area (Å²) in [5.74, 6) is -0.129. The largest absolute Gasteiger partial charge is 0.484 e. The minimum Gasteiger partial charge on any atom is -0.484 e. The number of amides is 1. The lowest BCUT2D eigenvalue weighted by Gasteiger charge is -2.18. The van der Waals surface area contributed by atoms with Crippen LogP contribution in [0.3, 0.4) is 0 Å². The Kier molecular flexibility index (Phi) is 4.96. The number of carbonyl (C=O) groups is 3. The van der Waals surface area contributed by atoms with Crippen LogP contribution in [-0.4, -0.2) is 24.1 Å². The maximum absolute atomic E-state index is 12.8. The number of nitrogens with one attached hydrogen (secondary N) is 1. The lowest BCUT2D eigenvalue weighted by Crippen LogP contribution is -2.23. The van der Waals surface area contributed by atoms with E-state index in [4.69, 9.17) is 4.74 Å². The lowest BCUT2D eigenvalue weighted by molar-refractivity contribution is -0.118. The van der Waals surface area contributed by atoms with Gasteiger partial charge in [0.05, 0.1) is 0 Å². The van der Waals surface area contributed by atoms with Crippen LogP contribution in [0.25, 0.3) is 0 Å². The average Bonchev–Trinajstić information content (AvgIpc) is 2.76. The van der Waals surface area contributed by atoms with Crippen molar-refractivity contribution in [2.75, 3.05) is 11.9 Å². The third-order valence-corrected chi connectivity index (χ3v) is 4.89. The van der Waals surface area contributed by atoms with Crippen LogP contribution in [0.2, 0.25) is 0 Å². The van der Waals surface area contributed by atoms with E-state index in [1.807, 2.05) is 25.1 Å². The third kappa shape index (κ3) is 3.67. The van der Waals surface area contributed by atoms with Crippen molar-refractivity contribution in [1.82, 2.24) is 0 Å². The van der Waals surface area contributed by atoms with Crippen molar-refractivity contribution in [1.29, 1.82) is 0 Å². The first-order valence-electron chi connectivity index (χ1n) is 9.41. The molecule has 5 heteroatoms. The van der Waals surface area contributed by atoms with E-state index in [2.05, 4.69) is 5.32 Å². The molecule has 1 N–H and O–H groups in total. The van der Waals surface area contributed by atoms with Crippen molar-refractivity contribution in [2.45, 2.75) is 13.3 Å². The number of hydrogen-bond acceptors (Lipinski definition) is 4. The molecule has 0 saturated carbocycles. The third-order valence-electron chi connectivity index (χ3n) is 4.89. The molecular weight excluding hydrogens is 366 g/mol. The second-order valence-corrected chi connectivity index (χ2v) is 6.80. The highest BCUT2D eigenvalue weighted by atomic mass is 16.5. The van der Waals surface area contributed by atoms with Crippen LogP contribution in [0, 0.1) is 0 Å². The van der Waals surface area contributed by atoms with E-state index in [9.17, 15) is 14.4 Å². The number of carbonyl (C=O) groups excluding carboxylic acids is 3. The summed E-state index contributed by atoms with van der Waals surface area (Å²) in [6.45, 7) is 1.90. The number of anilines is 1. The molecule has 5 nitrogen and oxygen atoms in total. The van der Waals surface area contributed by atoms with Crippen molar-refractivity contribution in [3.63, 3.8) is 0 Å². The Morgan fingerprint density at radius 1 is 0.828 bits per heavy atom. The number of benzene rings is 3. The number of ketones is 2. The normalized spacial score (nSPS) is 12.2. The Labute approximate surface area is 168 Å². The molecule has 0 radical (unpaired) electrons. The smallest absolute Gasteiger partial charge is 0.262 e. The Morgan fingerprint density at radius 3 is 2.24 bits per heavy atom. The summed E-state index contributed by atoms with van der Waals surface area (Å²) < 4.78 is 5.55. The van der Waals surface area contributed by atoms with Gasteiger partial charge in [-0.3, -0.25) is 14.4 Å². The molecule has 1 aliphatic rings. The summed E-state index contributed by atoms with van der Waals surface area (Å²) in [5.41, 5.74) is 3.00. The van der Waals surface area contributed by atoms with Crippen molar-refractivity contribution in [3.8, 4) is 5.75 Å². The van der Waals surface area contributed by atoms with E-state index >= 15 is 0 Å². The molecule has 0 aromatic heterocycles. The van der Waals surface area contributed by atoms with Gasteiger partial charge < -0.3 is 10.1 Å². The highest BCUT2D eigenvalue weighted by Crippen LogP contribution is 2.29. The molecule has 3 aromatic carbocycles. The molecule has 0 aliphatic heterocycles. The second kappa shape index (κ2) is 7.72. The molecule has 0 fully saturated rings. The first-order chi connectivity index (χ1) is 14.1. The molecule has 4 rings (SSSR count). The van der Waals surface area contributed by atoms with Crippen molar-refractivity contribution >= 4 is 23.2 Å². The maximum atomic E-state index is 12.8. The van der Waals surface area contributed by atoms with Crippen molar-refractivity contribution in [3.05, 3.63) is 94.5 Å². The number of hydrogen-bond donors (Lipinski definition) is 1. The summed E-state index contributed by atoms with van der Waals surface area (Å²) in [7, 11) is 0. The van der Waals surface area contributed by atoms with Crippen molar-refractivity contribution in [2.24, 2.45) is 0 Å². The van der Waals surface area contributed by atoms with E-state index < -0.39 is 0 Å². The summed E-state index contributed by atoms with van der Waals surface area (Å²) in [4.78, 5) is 37.7. The second-order valence-electron chi connectivity index (χ2n) is 6.80. The molecular formula is C24H19NO4. The van der Waals surface area contributed by atoms with Gasteiger partial charge in [-0.15, -0.1) is 0 Å². The first-order valence-corrected chi connectivity index (χ1v) is 9.41. The Hall–Kier alpha value is -3.73. The van der Waals surface area contributed by atoms with Crippen LogP contribution < -0.4 is 10.1 Å². The van der Waals surface area contributed by atoms with Crippen LogP contribution in [0.4, 0.5) is 5.69 Å². The van der Waals surface area contributed by atoms with Crippen LogP contribution >= 0.6 is 0 Å². The molecule has 1 amide bonds. The molecule has 3 aromatic rings. The van der Waals surface area contributed by atoms with E-state index in [0.29, 0.717) is 33.7 Å². The van der Waals surface area contributed by atoms with Gasteiger partial charge in [0.15, 0.2) is 18.2 Å². The molecule has 0 spiro atoms. The van der Waals surface area contributed by atoms with Crippen LogP contribution in [-0.2, 0) is 11.2 Å². The Morgan fingerprint density at radius 2 is 1.52 bits per heavy atom. The van der Waals surface area contributed by atoms with Gasteiger partial charge >= 0.3 is 0 Å². The van der Waals surface area contributed by atoms with Gasteiger partial charge in [-0.1, -0.05) is 43.3 Å². The first kappa shape index (κ1) is 18.6. The monoisotopic (exact) mass is 385 g/mol. The lowest BCUT2D eigenvalue weighted by atomic mass is 9.84. The van der Waals surface area contributed by atoms with Gasteiger partial charge in [0.1, 0.15) is 5.75 Å². The molecule has 1 aliphatic carbocycles. The standard InChI is InChI=1S/C24H19NO4/c1-2-15-6-5-7-17(12-15)29-14-22(26)25-16-10-11-20-21(13-16)24(28)19-9-4-3-8-18(19)23(20)27/h3-13H,2,14H2,1H3,(H,25,26). The highest BCUT2D eigenvalue weighted by molar-refractivity contribution is 6.28. The molecule has 0 unspecified atom stereocenters. The highest BCUT2D eigenvalue weighted by Gasteiger charge is 2.29. The summed E-state index contributed by atoms with van der Waals surface area (Å²) >= 11 is 0. The maximum Gasteiger partial charge on any atom is 0.262 e. The molecule has 0 atom stereocenters. The van der Waals surface area contributed by atoms with Gasteiger partial charge in [-0.25, -0.2) is 0 Å². The summed E-state index contributed by atoms with van der Waals surface area (Å²) in [6.07, 6.45) is 0.883. The fraction of sp³-hybridized carbons (Fsp3) is 0.125. The van der Waals surface area contributed by atoms with Gasteiger partial charge in [0, 0.05) is 27.9 Å². The van der Waals surface area contributed by atoms with E-state index in [-0.39, 0.29) is 24.1 Å². The zero-order valence-electron chi connectivity index (χ0n) is 15.9. The number of ether oxygens (including phenoxy) is 1. The topological polar surface area (TPSA) is 72.5 Å². The number of rotatable bonds is 5.